The number of hydrogen-bond donors (Lipinski definition) is 1. The third kappa shape index (κ3) is 2.80. The number of amides is 1. The summed E-state index contributed by atoms with van der Waals surface area (Å²) < 4.78 is 2.69. The summed E-state index contributed by atoms with van der Waals surface area (Å²) in [5.41, 5.74) is 2.55. The minimum absolute atomic E-state index is 0.204. The fraction of sp³-hybridized carbons (Fsp3) is 0.0667. The minimum Gasteiger partial charge on any atom is -0.321 e. The van der Waals surface area contributed by atoms with Crippen LogP contribution in [0.3, 0.4) is 0 Å². The lowest BCUT2D eigenvalue weighted by atomic mass is 10.3. The maximum absolute atomic E-state index is 12.5. The number of hydrogen-bond acceptors (Lipinski definition) is 2. The lowest BCUT2D eigenvalue weighted by molar-refractivity contribution is 0.102. The van der Waals surface area contributed by atoms with Crippen molar-refractivity contribution in [3.63, 3.8) is 0 Å². The number of nitrogens with zero attached hydrogens (tertiary/aromatic N) is 2. The van der Waals surface area contributed by atoms with Crippen molar-refractivity contribution in [1.29, 1.82) is 0 Å². The van der Waals surface area contributed by atoms with Crippen molar-refractivity contribution in [1.82, 2.24) is 9.38 Å². The quantitative estimate of drug-likeness (QED) is 0.736. The molecule has 0 bridgehead atoms. The predicted octanol–water partition coefficient (Wildman–Crippen LogP) is 4.31. The van der Waals surface area contributed by atoms with Gasteiger partial charge in [0, 0.05) is 27.4 Å². The van der Waals surface area contributed by atoms with E-state index in [-0.39, 0.29) is 5.91 Å². The van der Waals surface area contributed by atoms with Gasteiger partial charge in [-0.2, -0.15) is 0 Å². The average molecular weight is 365 g/mol. The summed E-state index contributed by atoms with van der Waals surface area (Å²) in [5.74, 6) is -0.204. The number of anilines is 1. The van der Waals surface area contributed by atoms with E-state index in [9.17, 15) is 4.79 Å². The second-order valence-corrected chi connectivity index (χ2v) is 5.93. The first-order valence-electron chi connectivity index (χ1n) is 6.26. The molecule has 0 unspecified atom stereocenters. The molecule has 3 aromatic rings. The van der Waals surface area contributed by atoms with Crippen LogP contribution >= 0.6 is 27.5 Å². The number of fused-ring (bicyclic) bond motifs is 1. The van der Waals surface area contributed by atoms with E-state index in [0.29, 0.717) is 22.1 Å². The van der Waals surface area contributed by atoms with Gasteiger partial charge in [0.25, 0.3) is 5.91 Å². The summed E-state index contributed by atoms with van der Waals surface area (Å²) in [5, 5.41) is 3.46. The Morgan fingerprint density at radius 3 is 2.71 bits per heavy atom. The molecular weight excluding hydrogens is 354 g/mol. The molecule has 6 heteroatoms. The Hall–Kier alpha value is -1.85. The van der Waals surface area contributed by atoms with Crippen molar-refractivity contribution >= 4 is 44.8 Å². The van der Waals surface area contributed by atoms with Crippen molar-refractivity contribution in [2.24, 2.45) is 0 Å². The zero-order valence-electron chi connectivity index (χ0n) is 11.1. The molecule has 2 aromatic heterocycles. The zero-order chi connectivity index (χ0) is 15.0. The van der Waals surface area contributed by atoms with Gasteiger partial charge in [0.05, 0.1) is 5.69 Å². The van der Waals surface area contributed by atoms with Gasteiger partial charge >= 0.3 is 0 Å². The van der Waals surface area contributed by atoms with Gasteiger partial charge in [0.1, 0.15) is 11.3 Å². The van der Waals surface area contributed by atoms with Crippen LogP contribution in [0, 0.1) is 6.92 Å². The number of rotatable bonds is 2. The van der Waals surface area contributed by atoms with Crippen molar-refractivity contribution < 1.29 is 4.79 Å². The van der Waals surface area contributed by atoms with E-state index in [1.54, 1.807) is 29.7 Å². The van der Waals surface area contributed by atoms with Crippen LogP contribution in [-0.2, 0) is 0 Å². The molecular formula is C15H11BrClN3O. The highest BCUT2D eigenvalue weighted by molar-refractivity contribution is 9.10. The van der Waals surface area contributed by atoms with E-state index in [1.165, 1.54) is 0 Å². The van der Waals surface area contributed by atoms with Crippen LogP contribution in [0.25, 0.3) is 5.65 Å². The molecule has 0 aliphatic heterocycles. The Morgan fingerprint density at radius 2 is 2.00 bits per heavy atom. The van der Waals surface area contributed by atoms with Gasteiger partial charge in [-0.1, -0.05) is 27.5 Å². The summed E-state index contributed by atoms with van der Waals surface area (Å²) >= 11 is 9.31. The third-order valence-electron chi connectivity index (χ3n) is 3.08. The van der Waals surface area contributed by atoms with Gasteiger partial charge in [-0.05, 0) is 37.3 Å². The molecule has 0 atom stereocenters. The van der Waals surface area contributed by atoms with Crippen LogP contribution in [0.1, 0.15) is 16.2 Å². The van der Waals surface area contributed by atoms with E-state index in [4.69, 9.17) is 11.6 Å². The highest BCUT2D eigenvalue weighted by atomic mass is 79.9. The zero-order valence-corrected chi connectivity index (χ0v) is 13.4. The van der Waals surface area contributed by atoms with Crippen molar-refractivity contribution in [3.05, 3.63) is 63.5 Å². The van der Waals surface area contributed by atoms with Gasteiger partial charge in [-0.25, -0.2) is 4.98 Å². The number of aryl methyl sites for hydroxylation is 1. The Labute approximate surface area is 134 Å². The lowest BCUT2D eigenvalue weighted by Gasteiger charge is -2.06. The monoisotopic (exact) mass is 363 g/mol. The number of benzene rings is 1. The molecule has 0 radical (unpaired) electrons. The normalized spacial score (nSPS) is 10.8. The predicted molar refractivity (Wildman–Crippen MR) is 87.0 cm³/mol. The summed E-state index contributed by atoms with van der Waals surface area (Å²) in [6.45, 7) is 1.80. The van der Waals surface area contributed by atoms with Crippen LogP contribution in [0.5, 0.6) is 0 Å². The second kappa shape index (κ2) is 5.50. The standard InChI is InChI=1S/C15H11BrClN3O/c1-9-14(20-7-6-11(17)8-13(20)18-9)15(21)19-12-4-2-10(16)3-5-12/h2-8H,1H3,(H,19,21). The molecule has 106 valence electrons. The highest BCUT2D eigenvalue weighted by Crippen LogP contribution is 2.19. The number of carbonyl (C=O) groups is 1. The number of pyridine rings is 1. The molecule has 2 heterocycles. The molecule has 3 rings (SSSR count). The van der Waals surface area contributed by atoms with Crippen molar-refractivity contribution in [2.45, 2.75) is 6.92 Å². The summed E-state index contributed by atoms with van der Waals surface area (Å²) in [4.78, 5) is 16.8. The largest absolute Gasteiger partial charge is 0.321 e. The molecule has 1 amide bonds. The summed E-state index contributed by atoms with van der Waals surface area (Å²) in [6, 6.07) is 10.9. The SMILES string of the molecule is Cc1nc2cc(Cl)ccn2c1C(=O)Nc1ccc(Br)cc1. The minimum atomic E-state index is -0.204. The molecule has 0 saturated heterocycles. The third-order valence-corrected chi connectivity index (χ3v) is 3.84. The molecule has 0 saturated carbocycles. The number of imidazole rings is 1. The van der Waals surface area contributed by atoms with Gasteiger partial charge in [-0.15, -0.1) is 0 Å². The van der Waals surface area contributed by atoms with Gasteiger partial charge in [0.15, 0.2) is 0 Å². The first-order chi connectivity index (χ1) is 10.0. The highest BCUT2D eigenvalue weighted by Gasteiger charge is 2.16. The summed E-state index contributed by atoms with van der Waals surface area (Å²) in [7, 11) is 0. The first-order valence-corrected chi connectivity index (χ1v) is 7.43. The first kappa shape index (κ1) is 14.1. The van der Waals surface area contributed by atoms with Gasteiger partial charge in [0.2, 0.25) is 0 Å². The van der Waals surface area contributed by atoms with Crippen LogP contribution in [0.2, 0.25) is 5.02 Å². The van der Waals surface area contributed by atoms with Gasteiger partial charge in [-0.3, -0.25) is 9.20 Å². The molecule has 4 nitrogen and oxygen atoms in total. The maximum Gasteiger partial charge on any atom is 0.274 e. The Bertz CT molecular complexity index is 827. The maximum atomic E-state index is 12.5. The summed E-state index contributed by atoms with van der Waals surface area (Å²) in [6.07, 6.45) is 1.74. The van der Waals surface area contributed by atoms with Crippen LogP contribution in [-0.4, -0.2) is 15.3 Å². The van der Waals surface area contributed by atoms with Gasteiger partial charge < -0.3 is 5.32 Å². The van der Waals surface area contributed by atoms with E-state index < -0.39 is 0 Å². The van der Waals surface area contributed by atoms with Crippen molar-refractivity contribution in [2.75, 3.05) is 5.32 Å². The number of nitrogens with one attached hydrogen (secondary N) is 1. The van der Waals surface area contributed by atoms with E-state index in [1.807, 2.05) is 24.3 Å². The molecule has 0 aliphatic carbocycles. The van der Waals surface area contributed by atoms with Crippen LogP contribution < -0.4 is 5.32 Å². The number of aromatic nitrogens is 2. The Kier molecular flexibility index (Phi) is 3.69. The molecule has 0 aliphatic rings. The van der Waals surface area contributed by atoms with E-state index >= 15 is 0 Å². The fourth-order valence-electron chi connectivity index (χ4n) is 2.13. The van der Waals surface area contributed by atoms with E-state index in [0.717, 1.165) is 10.2 Å². The van der Waals surface area contributed by atoms with Crippen molar-refractivity contribution in [3.8, 4) is 0 Å². The second-order valence-electron chi connectivity index (χ2n) is 4.58. The molecule has 21 heavy (non-hydrogen) atoms. The average Bonchev–Trinajstić information content (AvgIpc) is 2.76. The fourth-order valence-corrected chi connectivity index (χ4v) is 2.55. The molecule has 0 fully saturated rings. The van der Waals surface area contributed by atoms with Crippen LogP contribution in [0.4, 0.5) is 5.69 Å². The Balaban J connectivity index is 1.97. The lowest BCUT2D eigenvalue weighted by Crippen LogP contribution is -2.15. The number of carbonyl (C=O) groups excluding carboxylic acids is 1. The molecule has 0 spiro atoms. The van der Waals surface area contributed by atoms with E-state index in [2.05, 4.69) is 26.2 Å². The molecule has 1 N–H and O–H groups in total. The number of halogens is 2. The molecule has 1 aromatic carbocycles. The smallest absolute Gasteiger partial charge is 0.274 e. The Morgan fingerprint density at radius 1 is 1.29 bits per heavy atom. The van der Waals surface area contributed by atoms with Crippen LogP contribution in [0.15, 0.2) is 47.1 Å². The topological polar surface area (TPSA) is 46.4 Å².